The van der Waals surface area contributed by atoms with Crippen LogP contribution in [-0.2, 0) is 0 Å². The molecule has 0 aliphatic carbocycles. The van der Waals surface area contributed by atoms with Crippen LogP contribution in [0.1, 0.15) is 0 Å². The quantitative estimate of drug-likeness (QED) is 0.850. The van der Waals surface area contributed by atoms with E-state index in [9.17, 15) is 0 Å². The van der Waals surface area contributed by atoms with Crippen molar-refractivity contribution in [2.45, 2.75) is 0 Å². The zero-order valence-corrected chi connectivity index (χ0v) is 11.7. The Morgan fingerprint density at radius 1 is 1.17 bits per heavy atom. The topological polar surface area (TPSA) is 34.6 Å². The lowest BCUT2D eigenvalue weighted by Crippen LogP contribution is -2.07. The average molecular weight is 264 g/mol. The molecule has 1 aromatic heterocycles. The molecule has 4 nitrogen and oxygen atoms in total. The Morgan fingerprint density at radius 3 is 2.50 bits per heavy atom. The Hall–Kier alpha value is -1.75. The van der Waals surface area contributed by atoms with Crippen molar-refractivity contribution >= 4 is 16.5 Å². The highest BCUT2D eigenvalue weighted by Gasteiger charge is 2.12. The SMILES string of the molecule is COc1ccc(OC)c(-c2csc(N(C)C)n2)c1. The van der Waals surface area contributed by atoms with Crippen LogP contribution in [0.25, 0.3) is 11.3 Å². The van der Waals surface area contributed by atoms with E-state index in [4.69, 9.17) is 9.47 Å². The van der Waals surface area contributed by atoms with Crippen LogP contribution in [-0.4, -0.2) is 33.3 Å². The van der Waals surface area contributed by atoms with Gasteiger partial charge in [0.1, 0.15) is 11.5 Å². The van der Waals surface area contributed by atoms with Crippen LogP contribution in [0.3, 0.4) is 0 Å². The van der Waals surface area contributed by atoms with Crippen molar-refractivity contribution in [1.29, 1.82) is 0 Å². The number of anilines is 1. The molecule has 0 aliphatic rings. The van der Waals surface area contributed by atoms with Gasteiger partial charge in [-0.2, -0.15) is 0 Å². The van der Waals surface area contributed by atoms with Gasteiger partial charge in [0.2, 0.25) is 0 Å². The van der Waals surface area contributed by atoms with Gasteiger partial charge in [0, 0.05) is 25.0 Å². The highest BCUT2D eigenvalue weighted by atomic mass is 32.1. The molecule has 0 spiro atoms. The van der Waals surface area contributed by atoms with Crippen LogP contribution in [0.4, 0.5) is 5.13 Å². The predicted octanol–water partition coefficient (Wildman–Crippen LogP) is 2.89. The number of benzene rings is 1. The summed E-state index contributed by atoms with van der Waals surface area (Å²) in [4.78, 5) is 6.56. The van der Waals surface area contributed by atoms with Gasteiger partial charge < -0.3 is 14.4 Å². The highest BCUT2D eigenvalue weighted by Crippen LogP contribution is 2.35. The summed E-state index contributed by atoms with van der Waals surface area (Å²) in [6.45, 7) is 0. The maximum atomic E-state index is 5.36. The summed E-state index contributed by atoms with van der Waals surface area (Å²) in [5.74, 6) is 1.59. The molecule has 96 valence electrons. The first-order valence-electron chi connectivity index (χ1n) is 5.51. The Balaban J connectivity index is 2.46. The van der Waals surface area contributed by atoms with E-state index in [0.717, 1.165) is 27.9 Å². The Labute approximate surface area is 111 Å². The molecule has 0 aliphatic heterocycles. The van der Waals surface area contributed by atoms with Gasteiger partial charge in [-0.25, -0.2) is 4.98 Å². The zero-order chi connectivity index (χ0) is 13.1. The molecule has 1 aromatic carbocycles. The first-order chi connectivity index (χ1) is 8.65. The van der Waals surface area contributed by atoms with Crippen molar-refractivity contribution in [2.75, 3.05) is 33.2 Å². The standard InChI is InChI=1S/C13H16N2O2S/c1-15(2)13-14-11(8-18-13)10-7-9(16-3)5-6-12(10)17-4/h5-8H,1-4H3. The van der Waals surface area contributed by atoms with Crippen LogP contribution in [0.2, 0.25) is 0 Å². The molecule has 2 rings (SSSR count). The molecule has 0 N–H and O–H groups in total. The van der Waals surface area contributed by atoms with Gasteiger partial charge in [-0.1, -0.05) is 0 Å². The molecule has 0 bridgehead atoms. The number of thiazole rings is 1. The molecule has 5 heteroatoms. The Morgan fingerprint density at radius 2 is 1.94 bits per heavy atom. The maximum absolute atomic E-state index is 5.36. The largest absolute Gasteiger partial charge is 0.497 e. The van der Waals surface area contributed by atoms with Crippen molar-refractivity contribution in [1.82, 2.24) is 4.98 Å². The van der Waals surface area contributed by atoms with E-state index in [-0.39, 0.29) is 0 Å². The second-order valence-electron chi connectivity index (χ2n) is 3.98. The second kappa shape index (κ2) is 5.27. The molecule has 0 saturated heterocycles. The van der Waals surface area contributed by atoms with Gasteiger partial charge >= 0.3 is 0 Å². The Kier molecular flexibility index (Phi) is 3.72. The van der Waals surface area contributed by atoms with E-state index in [1.807, 2.05) is 42.6 Å². The van der Waals surface area contributed by atoms with Crippen molar-refractivity contribution in [2.24, 2.45) is 0 Å². The van der Waals surface area contributed by atoms with Gasteiger partial charge in [-0.15, -0.1) is 11.3 Å². The van der Waals surface area contributed by atoms with Crippen LogP contribution in [0.5, 0.6) is 11.5 Å². The summed E-state index contributed by atoms with van der Waals surface area (Å²) in [7, 11) is 7.26. The molecule has 0 unspecified atom stereocenters. The van der Waals surface area contributed by atoms with Gasteiger partial charge in [0.05, 0.1) is 19.9 Å². The number of methoxy groups -OCH3 is 2. The third-order valence-corrected chi connectivity index (χ3v) is 3.57. The number of hydrogen-bond acceptors (Lipinski definition) is 5. The molecule has 0 radical (unpaired) electrons. The second-order valence-corrected chi connectivity index (χ2v) is 4.81. The molecule has 0 atom stereocenters. The van der Waals surface area contributed by atoms with Crippen molar-refractivity contribution in [3.8, 4) is 22.8 Å². The number of rotatable bonds is 4. The zero-order valence-electron chi connectivity index (χ0n) is 10.9. The predicted molar refractivity (Wildman–Crippen MR) is 75.0 cm³/mol. The lowest BCUT2D eigenvalue weighted by molar-refractivity contribution is 0.404. The first-order valence-corrected chi connectivity index (χ1v) is 6.39. The summed E-state index contributed by atoms with van der Waals surface area (Å²) in [5.41, 5.74) is 1.85. The third kappa shape index (κ3) is 2.41. The molecule has 0 fully saturated rings. The Bertz CT molecular complexity index is 538. The smallest absolute Gasteiger partial charge is 0.185 e. The monoisotopic (exact) mass is 264 g/mol. The van der Waals surface area contributed by atoms with Crippen LogP contribution < -0.4 is 14.4 Å². The fraction of sp³-hybridized carbons (Fsp3) is 0.308. The number of nitrogens with zero attached hydrogens (tertiary/aromatic N) is 2. The van der Waals surface area contributed by atoms with E-state index >= 15 is 0 Å². The minimum atomic E-state index is 0.796. The molecule has 1 heterocycles. The van der Waals surface area contributed by atoms with E-state index in [1.54, 1.807) is 25.6 Å². The molecule has 0 amide bonds. The number of hydrogen-bond donors (Lipinski definition) is 0. The summed E-state index contributed by atoms with van der Waals surface area (Å²) >= 11 is 1.60. The van der Waals surface area contributed by atoms with E-state index in [2.05, 4.69) is 4.98 Å². The normalized spacial score (nSPS) is 10.2. The van der Waals surface area contributed by atoms with Crippen LogP contribution in [0, 0.1) is 0 Å². The highest BCUT2D eigenvalue weighted by molar-refractivity contribution is 7.14. The minimum absolute atomic E-state index is 0.796. The minimum Gasteiger partial charge on any atom is -0.497 e. The lowest BCUT2D eigenvalue weighted by Gasteiger charge is -2.09. The number of aromatic nitrogens is 1. The maximum Gasteiger partial charge on any atom is 0.185 e. The van der Waals surface area contributed by atoms with Crippen molar-refractivity contribution in [3.63, 3.8) is 0 Å². The van der Waals surface area contributed by atoms with Gasteiger partial charge in [-0.3, -0.25) is 0 Å². The van der Waals surface area contributed by atoms with E-state index < -0.39 is 0 Å². The number of ether oxygens (including phenoxy) is 2. The average Bonchev–Trinajstić information content (AvgIpc) is 2.87. The molecule has 18 heavy (non-hydrogen) atoms. The molecule has 0 saturated carbocycles. The fourth-order valence-electron chi connectivity index (χ4n) is 1.61. The summed E-state index contributed by atoms with van der Waals surface area (Å²) < 4.78 is 10.6. The third-order valence-electron chi connectivity index (χ3n) is 2.56. The van der Waals surface area contributed by atoms with Gasteiger partial charge in [0.15, 0.2) is 5.13 Å². The van der Waals surface area contributed by atoms with Gasteiger partial charge in [0.25, 0.3) is 0 Å². The van der Waals surface area contributed by atoms with E-state index in [0.29, 0.717) is 0 Å². The molecular formula is C13H16N2O2S. The summed E-state index contributed by atoms with van der Waals surface area (Å²) in [6.07, 6.45) is 0. The summed E-state index contributed by atoms with van der Waals surface area (Å²) in [6, 6.07) is 5.71. The van der Waals surface area contributed by atoms with Crippen LogP contribution >= 0.6 is 11.3 Å². The molecule has 2 aromatic rings. The molecular weight excluding hydrogens is 248 g/mol. The summed E-state index contributed by atoms with van der Waals surface area (Å²) in [5, 5.41) is 2.99. The van der Waals surface area contributed by atoms with Gasteiger partial charge in [-0.05, 0) is 18.2 Å². The van der Waals surface area contributed by atoms with E-state index in [1.165, 1.54) is 0 Å². The van der Waals surface area contributed by atoms with Crippen LogP contribution in [0.15, 0.2) is 23.6 Å². The van der Waals surface area contributed by atoms with Crippen molar-refractivity contribution in [3.05, 3.63) is 23.6 Å². The van der Waals surface area contributed by atoms with Crippen molar-refractivity contribution < 1.29 is 9.47 Å². The fourth-order valence-corrected chi connectivity index (χ4v) is 2.37. The lowest BCUT2D eigenvalue weighted by atomic mass is 10.1. The first kappa shape index (κ1) is 12.7.